The number of rotatable bonds is 9. The lowest BCUT2D eigenvalue weighted by Crippen LogP contribution is -2.54. The Morgan fingerprint density at radius 1 is 1.14 bits per heavy atom. The number of anilines is 1. The van der Waals surface area contributed by atoms with E-state index in [0.29, 0.717) is 13.1 Å². The summed E-state index contributed by atoms with van der Waals surface area (Å²) >= 11 is 6.35. The molecule has 7 nitrogen and oxygen atoms in total. The SMILES string of the molecule is O=C(NC1CC(F)(F)C1)C(c1ccccc1Cl)N(C(=O)CCS(=O)(=O)N1CC1)c1cccc(F)c1. The quantitative estimate of drug-likeness (QED) is 0.504. The van der Waals surface area contributed by atoms with Crippen LogP contribution < -0.4 is 10.2 Å². The molecule has 1 heterocycles. The Kier molecular flexibility index (Phi) is 7.12. The highest BCUT2D eigenvalue weighted by atomic mass is 35.5. The molecule has 0 radical (unpaired) electrons. The Hall–Kier alpha value is -2.63. The smallest absolute Gasteiger partial charge is 0.252 e. The summed E-state index contributed by atoms with van der Waals surface area (Å²) in [5, 5.41) is 2.65. The van der Waals surface area contributed by atoms with Crippen LogP contribution in [0.15, 0.2) is 48.5 Å². The van der Waals surface area contributed by atoms with Gasteiger partial charge in [0.15, 0.2) is 0 Å². The van der Waals surface area contributed by atoms with E-state index in [-0.39, 0.29) is 16.3 Å². The molecular formula is C23H23ClF3N3O4S. The number of carbonyl (C=O) groups excluding carboxylic acids is 2. The van der Waals surface area contributed by atoms with E-state index in [1.807, 2.05) is 0 Å². The zero-order chi connectivity index (χ0) is 25.4. The van der Waals surface area contributed by atoms with Crippen LogP contribution in [0, 0.1) is 5.82 Å². The zero-order valence-electron chi connectivity index (χ0n) is 18.5. The molecule has 0 bridgehead atoms. The van der Waals surface area contributed by atoms with Gasteiger partial charge in [-0.25, -0.2) is 21.6 Å². The van der Waals surface area contributed by atoms with E-state index in [0.717, 1.165) is 17.0 Å². The molecule has 35 heavy (non-hydrogen) atoms. The summed E-state index contributed by atoms with van der Waals surface area (Å²) in [6, 6.07) is 8.84. The molecular weight excluding hydrogens is 507 g/mol. The summed E-state index contributed by atoms with van der Waals surface area (Å²) in [5.41, 5.74) is 0.183. The first kappa shape index (κ1) is 25.5. The van der Waals surface area contributed by atoms with E-state index in [1.165, 1.54) is 28.6 Å². The molecule has 2 fully saturated rings. The predicted molar refractivity (Wildman–Crippen MR) is 124 cm³/mol. The lowest BCUT2D eigenvalue weighted by atomic mass is 9.87. The minimum absolute atomic E-state index is 0.00173. The minimum Gasteiger partial charge on any atom is -0.351 e. The van der Waals surface area contributed by atoms with Crippen molar-refractivity contribution in [3.63, 3.8) is 0 Å². The maximum Gasteiger partial charge on any atom is 0.252 e. The standard InChI is InChI=1S/C23H23ClF3N3O4S/c24-19-7-2-1-6-18(19)21(22(32)28-16-13-23(26,27)14-16)30(17-5-3-4-15(25)12-17)20(31)8-11-35(33,34)29-9-10-29/h1-7,12,16,21H,8-11,13-14H2,(H,28,32). The van der Waals surface area contributed by atoms with E-state index in [1.54, 1.807) is 12.1 Å². The van der Waals surface area contributed by atoms with Crippen molar-refractivity contribution in [3.8, 4) is 0 Å². The Bertz CT molecular complexity index is 1230. The first-order valence-corrected chi connectivity index (χ1v) is 12.9. The van der Waals surface area contributed by atoms with Gasteiger partial charge in [-0.3, -0.25) is 14.5 Å². The van der Waals surface area contributed by atoms with Gasteiger partial charge in [0.2, 0.25) is 21.8 Å². The summed E-state index contributed by atoms with van der Waals surface area (Å²) in [6.45, 7) is 0.752. The Labute approximate surface area is 205 Å². The monoisotopic (exact) mass is 529 g/mol. The van der Waals surface area contributed by atoms with Crippen molar-refractivity contribution in [1.82, 2.24) is 9.62 Å². The molecule has 4 rings (SSSR count). The van der Waals surface area contributed by atoms with E-state index in [2.05, 4.69) is 5.32 Å². The number of nitrogens with one attached hydrogen (secondary N) is 1. The van der Waals surface area contributed by atoms with Crippen molar-refractivity contribution >= 4 is 39.1 Å². The van der Waals surface area contributed by atoms with Gasteiger partial charge in [0, 0.05) is 54.7 Å². The fourth-order valence-electron chi connectivity index (χ4n) is 3.99. The van der Waals surface area contributed by atoms with Crippen molar-refractivity contribution in [2.75, 3.05) is 23.7 Å². The maximum absolute atomic E-state index is 14.1. The third-order valence-electron chi connectivity index (χ3n) is 5.87. The number of alkyl halides is 2. The number of nitrogens with zero attached hydrogens (tertiary/aromatic N) is 2. The van der Waals surface area contributed by atoms with Gasteiger partial charge in [-0.15, -0.1) is 0 Å². The number of sulfonamides is 1. The van der Waals surface area contributed by atoms with Crippen molar-refractivity contribution in [1.29, 1.82) is 0 Å². The number of amides is 2. The molecule has 2 aromatic carbocycles. The zero-order valence-corrected chi connectivity index (χ0v) is 20.0. The van der Waals surface area contributed by atoms with Crippen molar-refractivity contribution in [2.45, 2.75) is 37.3 Å². The van der Waals surface area contributed by atoms with Crippen molar-refractivity contribution in [3.05, 3.63) is 64.9 Å². The molecule has 1 atom stereocenters. The molecule has 188 valence electrons. The Morgan fingerprint density at radius 3 is 2.43 bits per heavy atom. The largest absolute Gasteiger partial charge is 0.351 e. The number of hydrogen-bond acceptors (Lipinski definition) is 4. The van der Waals surface area contributed by atoms with Gasteiger partial charge in [0.05, 0.1) is 5.75 Å². The fourth-order valence-corrected chi connectivity index (χ4v) is 5.55. The fraction of sp³-hybridized carbons (Fsp3) is 0.391. The molecule has 2 aromatic rings. The molecule has 1 saturated heterocycles. The summed E-state index contributed by atoms with van der Waals surface area (Å²) in [7, 11) is -3.65. The summed E-state index contributed by atoms with van der Waals surface area (Å²) < 4.78 is 66.7. The van der Waals surface area contributed by atoms with Crippen molar-refractivity contribution in [2.24, 2.45) is 0 Å². The molecule has 1 saturated carbocycles. The third kappa shape index (κ3) is 5.96. The van der Waals surface area contributed by atoms with Crippen LogP contribution in [0.4, 0.5) is 18.9 Å². The first-order chi connectivity index (χ1) is 16.5. The second-order valence-electron chi connectivity index (χ2n) is 8.60. The Balaban J connectivity index is 1.70. The lowest BCUT2D eigenvalue weighted by Gasteiger charge is -2.38. The van der Waals surface area contributed by atoms with Crippen LogP contribution in [-0.2, 0) is 19.6 Å². The van der Waals surface area contributed by atoms with Crippen LogP contribution in [0.5, 0.6) is 0 Å². The van der Waals surface area contributed by atoms with E-state index >= 15 is 0 Å². The van der Waals surface area contributed by atoms with E-state index in [9.17, 15) is 31.2 Å². The number of carbonyl (C=O) groups is 2. The highest BCUT2D eigenvalue weighted by Gasteiger charge is 2.47. The van der Waals surface area contributed by atoms with Gasteiger partial charge >= 0.3 is 0 Å². The topological polar surface area (TPSA) is 86.6 Å². The van der Waals surface area contributed by atoms with Gasteiger partial charge in [-0.1, -0.05) is 35.9 Å². The third-order valence-corrected chi connectivity index (χ3v) is 8.09. The normalized spacial score (nSPS) is 18.4. The molecule has 0 aromatic heterocycles. The molecule has 1 aliphatic carbocycles. The van der Waals surface area contributed by atoms with Crippen molar-refractivity contribution < 1.29 is 31.2 Å². The molecule has 2 aliphatic rings. The molecule has 0 spiro atoms. The van der Waals surface area contributed by atoms with Crippen LogP contribution in [0.3, 0.4) is 0 Å². The molecule has 2 amide bonds. The van der Waals surface area contributed by atoms with Crippen LogP contribution in [0.1, 0.15) is 30.9 Å². The Morgan fingerprint density at radius 2 is 1.83 bits per heavy atom. The first-order valence-electron chi connectivity index (χ1n) is 10.9. The molecule has 1 unspecified atom stereocenters. The highest BCUT2D eigenvalue weighted by molar-refractivity contribution is 7.89. The van der Waals surface area contributed by atoms with Gasteiger partial charge in [0.25, 0.3) is 5.92 Å². The number of halogens is 4. The average molecular weight is 530 g/mol. The molecule has 12 heteroatoms. The maximum atomic E-state index is 14.1. The van der Waals surface area contributed by atoms with Gasteiger partial charge < -0.3 is 5.32 Å². The van der Waals surface area contributed by atoms with Gasteiger partial charge in [-0.2, -0.15) is 4.31 Å². The van der Waals surface area contributed by atoms with Crippen LogP contribution in [0.25, 0.3) is 0 Å². The van der Waals surface area contributed by atoms with Crippen LogP contribution >= 0.6 is 11.6 Å². The summed E-state index contributed by atoms with van der Waals surface area (Å²) in [5.74, 6) is -5.62. The van der Waals surface area contributed by atoms with Crippen LogP contribution in [0.2, 0.25) is 5.02 Å². The van der Waals surface area contributed by atoms with Gasteiger partial charge in [-0.05, 0) is 24.3 Å². The average Bonchev–Trinajstić information content (AvgIpc) is 3.61. The number of benzene rings is 2. The highest BCUT2D eigenvalue weighted by Crippen LogP contribution is 2.39. The minimum atomic E-state index is -3.65. The molecule has 1 aliphatic heterocycles. The second-order valence-corrected chi connectivity index (χ2v) is 11.1. The lowest BCUT2D eigenvalue weighted by molar-refractivity contribution is -0.132. The van der Waals surface area contributed by atoms with E-state index < -0.39 is 70.7 Å². The molecule has 1 N–H and O–H groups in total. The van der Waals surface area contributed by atoms with Crippen LogP contribution in [-0.4, -0.2) is 55.3 Å². The number of hydrogen-bond donors (Lipinski definition) is 1. The second kappa shape index (κ2) is 9.79. The summed E-state index contributed by atoms with van der Waals surface area (Å²) in [6.07, 6.45) is -1.57. The summed E-state index contributed by atoms with van der Waals surface area (Å²) in [4.78, 5) is 27.8. The van der Waals surface area contributed by atoms with E-state index in [4.69, 9.17) is 11.6 Å². The van der Waals surface area contributed by atoms with Gasteiger partial charge in [0.1, 0.15) is 11.9 Å². The predicted octanol–water partition coefficient (Wildman–Crippen LogP) is 3.50.